The minimum atomic E-state index is -1.00. The van der Waals surface area contributed by atoms with E-state index >= 15 is 0 Å². The minimum Gasteiger partial charge on any atom is -0.389 e. The number of imide groups is 1. The lowest BCUT2D eigenvalue weighted by Crippen LogP contribution is -2.43. The molecule has 2 amide bonds. The Kier molecular flexibility index (Phi) is 2.57. The predicted molar refractivity (Wildman–Crippen MR) is 58.5 cm³/mol. The van der Waals surface area contributed by atoms with Crippen LogP contribution < -0.4 is 0 Å². The lowest BCUT2D eigenvalue weighted by Gasteiger charge is -2.26. The molecule has 0 radical (unpaired) electrons. The zero-order valence-corrected chi connectivity index (χ0v) is 9.95. The summed E-state index contributed by atoms with van der Waals surface area (Å²) in [5.41, 5.74) is -1.42. The predicted octanol–water partition coefficient (Wildman–Crippen LogP) is 1.08. The number of hydrogen-bond acceptors (Lipinski definition) is 3. The maximum absolute atomic E-state index is 12.2. The molecule has 0 aromatic heterocycles. The normalized spacial score (nSPS) is 24.8. The molecule has 0 unspecified atom stereocenters. The Balaban J connectivity index is 2.17. The summed E-state index contributed by atoms with van der Waals surface area (Å²) in [6, 6.07) is 0. The van der Waals surface area contributed by atoms with Crippen molar-refractivity contribution in [3.05, 3.63) is 0 Å². The van der Waals surface area contributed by atoms with E-state index in [0.29, 0.717) is 6.42 Å². The molecule has 1 saturated carbocycles. The summed E-state index contributed by atoms with van der Waals surface area (Å²) in [7, 11) is 0. The van der Waals surface area contributed by atoms with Crippen LogP contribution >= 0.6 is 0 Å². The van der Waals surface area contributed by atoms with Crippen molar-refractivity contribution in [3.63, 3.8) is 0 Å². The zero-order chi connectivity index (χ0) is 12.0. The first-order valence-corrected chi connectivity index (χ1v) is 5.91. The fourth-order valence-corrected chi connectivity index (χ4v) is 2.85. The van der Waals surface area contributed by atoms with Crippen molar-refractivity contribution in [1.29, 1.82) is 0 Å². The highest BCUT2D eigenvalue weighted by molar-refractivity contribution is 6.06. The van der Waals surface area contributed by atoms with Crippen LogP contribution in [-0.2, 0) is 9.59 Å². The fourth-order valence-electron chi connectivity index (χ4n) is 2.85. The molecule has 0 atom stereocenters. The first kappa shape index (κ1) is 11.6. The number of carbonyl (C=O) groups excluding carboxylic acids is 2. The highest BCUT2D eigenvalue weighted by Gasteiger charge is 2.53. The van der Waals surface area contributed by atoms with Crippen LogP contribution in [-0.4, -0.2) is 34.0 Å². The third kappa shape index (κ3) is 1.86. The van der Waals surface area contributed by atoms with Crippen LogP contribution in [0.15, 0.2) is 0 Å². The van der Waals surface area contributed by atoms with Crippen molar-refractivity contribution in [2.75, 3.05) is 6.54 Å². The van der Waals surface area contributed by atoms with Gasteiger partial charge in [-0.05, 0) is 26.7 Å². The van der Waals surface area contributed by atoms with Crippen LogP contribution in [0.25, 0.3) is 0 Å². The van der Waals surface area contributed by atoms with Crippen LogP contribution in [0, 0.1) is 5.41 Å². The van der Waals surface area contributed by atoms with Gasteiger partial charge in [-0.2, -0.15) is 0 Å². The number of carbonyl (C=O) groups is 2. The monoisotopic (exact) mass is 225 g/mol. The molecule has 1 saturated heterocycles. The van der Waals surface area contributed by atoms with E-state index in [4.69, 9.17) is 0 Å². The molecule has 16 heavy (non-hydrogen) atoms. The van der Waals surface area contributed by atoms with Gasteiger partial charge in [-0.15, -0.1) is 0 Å². The zero-order valence-electron chi connectivity index (χ0n) is 9.95. The van der Waals surface area contributed by atoms with Crippen LogP contribution in [0.5, 0.6) is 0 Å². The quantitative estimate of drug-likeness (QED) is 0.715. The van der Waals surface area contributed by atoms with Crippen molar-refractivity contribution in [3.8, 4) is 0 Å². The summed E-state index contributed by atoms with van der Waals surface area (Å²) in [5.74, 6) is -0.175. The lowest BCUT2D eigenvalue weighted by molar-refractivity contribution is -0.144. The number of rotatable bonds is 2. The Morgan fingerprint density at radius 2 is 1.88 bits per heavy atom. The summed E-state index contributed by atoms with van der Waals surface area (Å²) < 4.78 is 0. The van der Waals surface area contributed by atoms with Crippen LogP contribution in [0.3, 0.4) is 0 Å². The van der Waals surface area contributed by atoms with Gasteiger partial charge in [0.1, 0.15) is 0 Å². The fraction of sp³-hybridized carbons (Fsp3) is 0.833. The molecule has 0 bridgehead atoms. The molecule has 2 aliphatic rings. The summed E-state index contributed by atoms with van der Waals surface area (Å²) in [6.07, 6.45) is 4.09. The Bertz CT molecular complexity index is 324. The van der Waals surface area contributed by atoms with Gasteiger partial charge in [-0.1, -0.05) is 12.8 Å². The summed E-state index contributed by atoms with van der Waals surface area (Å²) >= 11 is 0. The summed E-state index contributed by atoms with van der Waals surface area (Å²) in [4.78, 5) is 25.3. The van der Waals surface area contributed by atoms with Gasteiger partial charge >= 0.3 is 0 Å². The average Bonchev–Trinajstić information content (AvgIpc) is 2.68. The maximum Gasteiger partial charge on any atom is 0.236 e. The minimum absolute atomic E-state index is 0.0582. The first-order valence-electron chi connectivity index (χ1n) is 5.91. The molecular formula is C12H19NO3. The number of hydrogen-bond donors (Lipinski definition) is 1. The molecular weight excluding hydrogens is 206 g/mol. The third-order valence-corrected chi connectivity index (χ3v) is 3.60. The van der Waals surface area contributed by atoms with Gasteiger partial charge in [-0.25, -0.2) is 0 Å². The second kappa shape index (κ2) is 3.55. The molecule has 2 rings (SSSR count). The van der Waals surface area contributed by atoms with E-state index < -0.39 is 11.0 Å². The second-order valence-corrected chi connectivity index (χ2v) is 5.76. The summed E-state index contributed by atoms with van der Waals surface area (Å²) in [5, 5.41) is 9.70. The first-order chi connectivity index (χ1) is 7.34. The molecule has 1 N–H and O–H groups in total. The van der Waals surface area contributed by atoms with E-state index in [0.717, 1.165) is 25.7 Å². The Labute approximate surface area is 95.6 Å². The number of likely N-dealkylation sites (tertiary alicyclic amines) is 1. The van der Waals surface area contributed by atoms with E-state index in [2.05, 4.69) is 0 Å². The molecule has 1 heterocycles. The molecule has 0 aromatic carbocycles. The van der Waals surface area contributed by atoms with Gasteiger partial charge in [0, 0.05) is 6.42 Å². The maximum atomic E-state index is 12.2. The van der Waals surface area contributed by atoms with Crippen molar-refractivity contribution in [2.24, 2.45) is 5.41 Å². The third-order valence-electron chi connectivity index (χ3n) is 3.60. The number of nitrogens with zero attached hydrogens (tertiary/aromatic N) is 1. The largest absolute Gasteiger partial charge is 0.389 e. The highest BCUT2D eigenvalue weighted by Crippen LogP contribution is 2.46. The Hall–Kier alpha value is -0.900. The molecule has 4 heteroatoms. The van der Waals surface area contributed by atoms with Gasteiger partial charge in [0.15, 0.2) is 0 Å². The SMILES string of the molecule is CC(C)(O)CN1C(=O)CC2(CCCC2)C1=O. The van der Waals surface area contributed by atoms with Crippen LogP contribution in [0.4, 0.5) is 0 Å². The molecule has 1 spiro atoms. The van der Waals surface area contributed by atoms with E-state index in [1.165, 1.54) is 4.90 Å². The van der Waals surface area contributed by atoms with Gasteiger partial charge in [-0.3, -0.25) is 14.5 Å². The topological polar surface area (TPSA) is 57.6 Å². The van der Waals surface area contributed by atoms with E-state index in [1.54, 1.807) is 13.8 Å². The van der Waals surface area contributed by atoms with Crippen LogP contribution in [0.1, 0.15) is 46.0 Å². The van der Waals surface area contributed by atoms with Crippen molar-refractivity contribution in [1.82, 2.24) is 4.90 Å². The van der Waals surface area contributed by atoms with Gasteiger partial charge in [0.2, 0.25) is 11.8 Å². The molecule has 4 nitrogen and oxygen atoms in total. The van der Waals surface area contributed by atoms with Gasteiger partial charge in [0.05, 0.1) is 17.6 Å². The Morgan fingerprint density at radius 3 is 2.38 bits per heavy atom. The summed E-state index contributed by atoms with van der Waals surface area (Å²) in [6.45, 7) is 3.35. The average molecular weight is 225 g/mol. The van der Waals surface area contributed by atoms with Gasteiger partial charge in [0.25, 0.3) is 0 Å². The van der Waals surface area contributed by atoms with Gasteiger partial charge < -0.3 is 5.11 Å². The standard InChI is InChI=1S/C12H19NO3/c1-11(2,16)8-13-9(14)7-12(10(13)15)5-3-4-6-12/h16H,3-8H2,1-2H3. The van der Waals surface area contributed by atoms with E-state index in [1.807, 2.05) is 0 Å². The molecule has 2 fully saturated rings. The van der Waals surface area contributed by atoms with Crippen LogP contribution in [0.2, 0.25) is 0 Å². The van der Waals surface area contributed by atoms with Crippen molar-refractivity contribution >= 4 is 11.8 Å². The highest BCUT2D eigenvalue weighted by atomic mass is 16.3. The molecule has 90 valence electrons. The van der Waals surface area contributed by atoms with E-state index in [-0.39, 0.29) is 18.4 Å². The lowest BCUT2D eigenvalue weighted by atomic mass is 9.84. The molecule has 0 aromatic rings. The number of aliphatic hydroxyl groups is 1. The number of β-amino-alcohol motifs (C(OH)–C–C–N with tert-alkyl or cyclic N) is 1. The van der Waals surface area contributed by atoms with Crippen molar-refractivity contribution < 1.29 is 14.7 Å². The second-order valence-electron chi connectivity index (χ2n) is 5.76. The molecule has 1 aliphatic heterocycles. The van der Waals surface area contributed by atoms with Crippen molar-refractivity contribution in [2.45, 2.75) is 51.6 Å². The Morgan fingerprint density at radius 1 is 1.31 bits per heavy atom. The number of amides is 2. The molecule has 1 aliphatic carbocycles. The van der Waals surface area contributed by atoms with E-state index in [9.17, 15) is 14.7 Å². The smallest absolute Gasteiger partial charge is 0.236 e.